The third-order valence-corrected chi connectivity index (χ3v) is 3.45. The van der Waals surface area contributed by atoms with Crippen molar-refractivity contribution in [1.82, 2.24) is 9.78 Å². The van der Waals surface area contributed by atoms with Crippen molar-refractivity contribution in [2.75, 3.05) is 0 Å². The van der Waals surface area contributed by atoms with Gasteiger partial charge in [-0.3, -0.25) is 4.68 Å². The van der Waals surface area contributed by atoms with Gasteiger partial charge in [0.2, 0.25) is 0 Å². The van der Waals surface area contributed by atoms with Crippen LogP contribution in [-0.2, 0) is 7.05 Å². The van der Waals surface area contributed by atoms with E-state index in [1.807, 2.05) is 17.9 Å². The molecule has 2 N–H and O–H groups in total. The molecule has 4 heteroatoms. The molecule has 1 saturated carbocycles. The molecule has 2 aliphatic carbocycles. The molecule has 70 valence electrons. The normalized spacial score (nSPS) is 41.2. The minimum Gasteiger partial charge on any atom is -0.390 e. The second-order valence-corrected chi connectivity index (χ2v) is 4.04. The summed E-state index contributed by atoms with van der Waals surface area (Å²) < 4.78 is 1.81. The molecule has 0 unspecified atom stereocenters. The Labute approximate surface area is 75.8 Å². The summed E-state index contributed by atoms with van der Waals surface area (Å²) in [5.41, 5.74) is 2.24. The summed E-state index contributed by atoms with van der Waals surface area (Å²) >= 11 is 0. The maximum Gasteiger partial charge on any atom is 0.0888 e. The minimum atomic E-state index is -0.590. The lowest BCUT2D eigenvalue weighted by atomic mass is 9.93. The highest BCUT2D eigenvalue weighted by molar-refractivity contribution is 5.39. The zero-order valence-electron chi connectivity index (χ0n) is 7.38. The van der Waals surface area contributed by atoms with E-state index >= 15 is 0 Å². The Bertz CT molecular complexity index is 360. The van der Waals surface area contributed by atoms with Gasteiger partial charge in [-0.1, -0.05) is 0 Å². The molecule has 2 aliphatic rings. The van der Waals surface area contributed by atoms with E-state index in [4.69, 9.17) is 0 Å². The van der Waals surface area contributed by atoms with Crippen LogP contribution in [0.15, 0.2) is 6.20 Å². The zero-order chi connectivity index (χ0) is 9.16. The summed E-state index contributed by atoms with van der Waals surface area (Å²) in [4.78, 5) is 0. The van der Waals surface area contributed by atoms with Crippen LogP contribution in [0.5, 0.6) is 0 Å². The quantitative estimate of drug-likeness (QED) is 0.577. The maximum absolute atomic E-state index is 9.69. The predicted octanol–water partition coefficient (Wildman–Crippen LogP) is -0.274. The Kier molecular flexibility index (Phi) is 1.24. The van der Waals surface area contributed by atoms with Gasteiger partial charge in [-0.2, -0.15) is 5.10 Å². The van der Waals surface area contributed by atoms with Crippen molar-refractivity contribution in [1.29, 1.82) is 0 Å². The van der Waals surface area contributed by atoms with Crippen molar-refractivity contribution >= 4 is 0 Å². The van der Waals surface area contributed by atoms with Gasteiger partial charge in [-0.15, -0.1) is 0 Å². The summed E-state index contributed by atoms with van der Waals surface area (Å²) in [5, 5.41) is 23.5. The number of aliphatic hydroxyl groups excluding tert-OH is 2. The van der Waals surface area contributed by atoms with Crippen LogP contribution in [-0.4, -0.2) is 32.2 Å². The van der Waals surface area contributed by atoms with Crippen LogP contribution in [0, 0.1) is 0 Å². The van der Waals surface area contributed by atoms with E-state index in [9.17, 15) is 10.2 Å². The molecule has 1 fully saturated rings. The number of aryl methyl sites for hydroxylation is 1. The minimum absolute atomic E-state index is 0.0995. The fourth-order valence-corrected chi connectivity index (χ4v) is 2.82. The van der Waals surface area contributed by atoms with Gasteiger partial charge in [0.1, 0.15) is 0 Å². The molecular formula is C9H12N2O2. The highest BCUT2D eigenvalue weighted by Crippen LogP contribution is 2.52. The van der Waals surface area contributed by atoms with E-state index in [2.05, 4.69) is 5.10 Å². The molecule has 0 saturated heterocycles. The average Bonchev–Trinajstić information content (AvgIpc) is 2.70. The highest BCUT2D eigenvalue weighted by atomic mass is 16.3. The van der Waals surface area contributed by atoms with E-state index < -0.39 is 12.2 Å². The number of hydrogen-bond acceptors (Lipinski definition) is 3. The van der Waals surface area contributed by atoms with Gasteiger partial charge in [-0.25, -0.2) is 0 Å². The molecular weight excluding hydrogens is 168 g/mol. The highest BCUT2D eigenvalue weighted by Gasteiger charge is 2.51. The first-order valence-electron chi connectivity index (χ1n) is 4.58. The van der Waals surface area contributed by atoms with Gasteiger partial charge >= 0.3 is 0 Å². The second-order valence-electron chi connectivity index (χ2n) is 4.04. The first-order chi connectivity index (χ1) is 6.20. The summed E-state index contributed by atoms with van der Waals surface area (Å²) in [6, 6.07) is 0. The first-order valence-corrected chi connectivity index (χ1v) is 4.58. The first kappa shape index (κ1) is 7.53. The van der Waals surface area contributed by atoms with Gasteiger partial charge in [0, 0.05) is 24.6 Å². The molecule has 1 heterocycles. The lowest BCUT2D eigenvalue weighted by Gasteiger charge is -2.22. The van der Waals surface area contributed by atoms with Crippen molar-refractivity contribution < 1.29 is 10.2 Å². The molecule has 0 amide bonds. The Balaban J connectivity index is 2.18. The van der Waals surface area contributed by atoms with Crippen LogP contribution in [0.1, 0.15) is 29.5 Å². The molecule has 0 aromatic carbocycles. The number of rotatable bonds is 0. The van der Waals surface area contributed by atoms with Crippen LogP contribution >= 0.6 is 0 Å². The fourth-order valence-electron chi connectivity index (χ4n) is 2.82. The smallest absolute Gasteiger partial charge is 0.0888 e. The van der Waals surface area contributed by atoms with Crippen molar-refractivity contribution in [3.05, 3.63) is 17.5 Å². The number of nitrogens with zero attached hydrogens (tertiary/aromatic N) is 2. The third kappa shape index (κ3) is 0.711. The molecule has 1 aromatic rings. The van der Waals surface area contributed by atoms with E-state index in [0.717, 1.165) is 17.7 Å². The SMILES string of the molecule is Cn1ncc2c1[C@@H]1C[C@H]2[C@@H](O)[C@H]1O. The van der Waals surface area contributed by atoms with Crippen LogP contribution in [0.3, 0.4) is 0 Å². The van der Waals surface area contributed by atoms with Crippen LogP contribution in [0.4, 0.5) is 0 Å². The van der Waals surface area contributed by atoms with E-state index in [0.29, 0.717) is 0 Å². The summed E-state index contributed by atoms with van der Waals surface area (Å²) in [6.07, 6.45) is 1.52. The van der Waals surface area contributed by atoms with Crippen molar-refractivity contribution in [3.63, 3.8) is 0 Å². The van der Waals surface area contributed by atoms with Crippen molar-refractivity contribution in [2.24, 2.45) is 7.05 Å². The fraction of sp³-hybridized carbons (Fsp3) is 0.667. The molecule has 4 atom stereocenters. The lowest BCUT2D eigenvalue weighted by molar-refractivity contribution is 0.0205. The Hall–Kier alpha value is -0.870. The predicted molar refractivity (Wildman–Crippen MR) is 45.3 cm³/mol. The zero-order valence-corrected chi connectivity index (χ0v) is 7.38. The van der Waals surface area contributed by atoms with Crippen molar-refractivity contribution in [2.45, 2.75) is 30.5 Å². The number of hydrogen-bond donors (Lipinski definition) is 2. The van der Waals surface area contributed by atoms with Crippen LogP contribution < -0.4 is 0 Å². The average molecular weight is 180 g/mol. The summed E-state index contributed by atoms with van der Waals surface area (Å²) in [5.74, 6) is 0.214. The Morgan fingerprint density at radius 3 is 2.85 bits per heavy atom. The van der Waals surface area contributed by atoms with Crippen molar-refractivity contribution in [3.8, 4) is 0 Å². The molecule has 1 aromatic heterocycles. The second kappa shape index (κ2) is 2.13. The molecule has 13 heavy (non-hydrogen) atoms. The van der Waals surface area contributed by atoms with Gasteiger partial charge in [0.25, 0.3) is 0 Å². The molecule has 0 radical (unpaired) electrons. The molecule has 0 spiro atoms. The van der Waals surface area contributed by atoms with Gasteiger partial charge in [-0.05, 0) is 12.0 Å². The standard InChI is InChI=1S/C9H12N2O2/c1-11-7-5-2-4(6(7)3-10-11)8(12)9(5)13/h3-5,8-9,12-13H,2H2,1H3/t4-,5+,8-,9+/m1/s1. The monoisotopic (exact) mass is 180 g/mol. The molecule has 3 rings (SSSR count). The lowest BCUT2D eigenvalue weighted by Crippen LogP contribution is -2.31. The van der Waals surface area contributed by atoms with Gasteiger partial charge in [0.15, 0.2) is 0 Å². The van der Waals surface area contributed by atoms with E-state index in [1.54, 1.807) is 0 Å². The number of aromatic nitrogens is 2. The van der Waals surface area contributed by atoms with Crippen LogP contribution in [0.25, 0.3) is 0 Å². The van der Waals surface area contributed by atoms with E-state index in [-0.39, 0.29) is 11.8 Å². The number of aliphatic hydroxyl groups is 2. The Morgan fingerprint density at radius 2 is 2.08 bits per heavy atom. The van der Waals surface area contributed by atoms with E-state index in [1.165, 1.54) is 0 Å². The van der Waals surface area contributed by atoms with Gasteiger partial charge < -0.3 is 10.2 Å². The number of fused-ring (bicyclic) bond motifs is 5. The maximum atomic E-state index is 9.69. The third-order valence-electron chi connectivity index (χ3n) is 3.45. The Morgan fingerprint density at radius 1 is 1.38 bits per heavy atom. The topological polar surface area (TPSA) is 58.3 Å². The van der Waals surface area contributed by atoms with Gasteiger partial charge in [0.05, 0.1) is 18.4 Å². The summed E-state index contributed by atoms with van der Waals surface area (Å²) in [6.45, 7) is 0. The summed E-state index contributed by atoms with van der Waals surface area (Å²) in [7, 11) is 1.89. The molecule has 0 aliphatic heterocycles. The largest absolute Gasteiger partial charge is 0.390 e. The molecule has 2 bridgehead atoms. The van der Waals surface area contributed by atoms with Crippen LogP contribution in [0.2, 0.25) is 0 Å². The molecule has 4 nitrogen and oxygen atoms in total.